The van der Waals surface area contributed by atoms with Crippen LogP contribution in [-0.2, 0) is 28.6 Å². The number of azide groups is 1. The Balaban J connectivity index is 3.49. The van der Waals surface area contributed by atoms with Gasteiger partial charge >= 0.3 is 11.9 Å². The molecule has 4 atom stereocenters. The molecule has 0 fully saturated rings. The Bertz CT molecular complexity index is 639. The minimum atomic E-state index is -1.20. The number of nitrogens with zero attached hydrogens (tertiary/aromatic N) is 3. The zero-order valence-corrected chi connectivity index (χ0v) is 16.2. The molecule has 27 heavy (non-hydrogen) atoms. The van der Waals surface area contributed by atoms with Crippen molar-refractivity contribution in [1.82, 2.24) is 5.32 Å². The highest BCUT2D eigenvalue weighted by Gasteiger charge is 2.45. The van der Waals surface area contributed by atoms with Crippen LogP contribution in [-0.4, -0.2) is 55.4 Å². The van der Waals surface area contributed by atoms with Crippen LogP contribution in [0.25, 0.3) is 10.4 Å². The van der Waals surface area contributed by atoms with Gasteiger partial charge in [-0.3, -0.25) is 9.59 Å². The van der Waals surface area contributed by atoms with Crippen LogP contribution < -0.4 is 5.32 Å². The smallest absolute Gasteiger partial charge is 0.337 e. The maximum absolute atomic E-state index is 12.2. The van der Waals surface area contributed by atoms with Crippen molar-refractivity contribution in [2.24, 2.45) is 5.11 Å². The van der Waals surface area contributed by atoms with Crippen LogP contribution >= 0.6 is 0 Å². The maximum Gasteiger partial charge on any atom is 0.337 e. The van der Waals surface area contributed by atoms with E-state index in [2.05, 4.69) is 15.3 Å². The zero-order chi connectivity index (χ0) is 20.6. The Morgan fingerprint density at radius 3 is 2.37 bits per heavy atom. The molecule has 0 heterocycles. The van der Waals surface area contributed by atoms with Gasteiger partial charge in [-0.15, -0.1) is 0 Å². The standard InChI is InChI=1S/C17H26N4O6/c1-6-11(7-2)27-13-8-12(17(24)25-5)16(26-10(4)23)15(20-21-18)14(13)19-9(3)22/h8,11,13-16H,6-7H2,1-5H3,(H,19,22)/t13-,14+,15-,16-/m1/s1. The normalized spacial score (nSPS) is 24.4. The molecule has 1 aliphatic rings. The fourth-order valence-electron chi connectivity index (χ4n) is 2.98. The van der Waals surface area contributed by atoms with Gasteiger partial charge in [0.2, 0.25) is 5.91 Å². The molecule has 1 N–H and O–H groups in total. The monoisotopic (exact) mass is 382 g/mol. The Morgan fingerprint density at radius 1 is 1.30 bits per heavy atom. The number of ether oxygens (including phenoxy) is 3. The van der Waals surface area contributed by atoms with E-state index in [1.807, 2.05) is 13.8 Å². The number of carbonyl (C=O) groups excluding carboxylic acids is 3. The van der Waals surface area contributed by atoms with Crippen molar-refractivity contribution in [3.8, 4) is 0 Å². The van der Waals surface area contributed by atoms with Crippen LogP contribution in [0.2, 0.25) is 0 Å². The molecular formula is C17H26N4O6. The first-order chi connectivity index (χ1) is 12.8. The van der Waals surface area contributed by atoms with Gasteiger partial charge in [-0.1, -0.05) is 19.0 Å². The Hall–Kier alpha value is -2.58. The van der Waals surface area contributed by atoms with Crippen molar-refractivity contribution < 1.29 is 28.6 Å². The topological polar surface area (TPSA) is 140 Å². The average molecular weight is 382 g/mol. The van der Waals surface area contributed by atoms with Crippen LogP contribution in [0.3, 0.4) is 0 Å². The molecule has 150 valence electrons. The molecule has 0 unspecified atom stereocenters. The summed E-state index contributed by atoms with van der Waals surface area (Å²) in [6.45, 7) is 6.37. The third-order valence-corrected chi connectivity index (χ3v) is 4.21. The molecule has 0 aromatic rings. The highest BCUT2D eigenvalue weighted by Crippen LogP contribution is 2.29. The Morgan fingerprint density at radius 2 is 1.93 bits per heavy atom. The number of amides is 1. The fourth-order valence-corrected chi connectivity index (χ4v) is 2.98. The van der Waals surface area contributed by atoms with Crippen molar-refractivity contribution in [2.75, 3.05) is 7.11 Å². The van der Waals surface area contributed by atoms with Crippen molar-refractivity contribution in [2.45, 2.75) is 70.9 Å². The van der Waals surface area contributed by atoms with Gasteiger partial charge < -0.3 is 19.5 Å². The summed E-state index contributed by atoms with van der Waals surface area (Å²) in [7, 11) is 1.19. The van der Waals surface area contributed by atoms with Crippen molar-refractivity contribution in [3.05, 3.63) is 22.1 Å². The van der Waals surface area contributed by atoms with E-state index in [4.69, 9.17) is 19.7 Å². The molecule has 0 aliphatic heterocycles. The molecular weight excluding hydrogens is 356 g/mol. The molecule has 1 amide bonds. The lowest BCUT2D eigenvalue weighted by Crippen LogP contribution is -2.58. The van der Waals surface area contributed by atoms with E-state index in [0.717, 1.165) is 0 Å². The van der Waals surface area contributed by atoms with Gasteiger partial charge in [-0.25, -0.2) is 4.79 Å². The second-order valence-corrected chi connectivity index (χ2v) is 6.10. The summed E-state index contributed by atoms with van der Waals surface area (Å²) >= 11 is 0. The summed E-state index contributed by atoms with van der Waals surface area (Å²) < 4.78 is 16.0. The first-order valence-corrected chi connectivity index (χ1v) is 8.72. The Labute approximate surface area is 157 Å². The summed E-state index contributed by atoms with van der Waals surface area (Å²) in [6.07, 6.45) is 0.765. The number of hydrogen-bond acceptors (Lipinski definition) is 7. The van der Waals surface area contributed by atoms with Crippen LogP contribution in [0, 0.1) is 0 Å². The lowest BCUT2D eigenvalue weighted by Gasteiger charge is -2.40. The summed E-state index contributed by atoms with van der Waals surface area (Å²) in [5.41, 5.74) is 9.00. The molecule has 0 spiro atoms. The number of methoxy groups -OCH3 is 1. The lowest BCUT2D eigenvalue weighted by atomic mass is 9.85. The molecule has 0 bridgehead atoms. The van der Waals surface area contributed by atoms with Crippen LogP contribution in [0.1, 0.15) is 40.5 Å². The molecule has 1 aliphatic carbocycles. The average Bonchev–Trinajstić information content (AvgIpc) is 2.62. The Kier molecular flexibility index (Phi) is 8.77. The molecule has 10 heteroatoms. The highest BCUT2D eigenvalue weighted by atomic mass is 16.6. The lowest BCUT2D eigenvalue weighted by molar-refractivity contribution is -0.150. The van der Waals surface area contributed by atoms with Gasteiger partial charge in [0, 0.05) is 18.8 Å². The van der Waals surface area contributed by atoms with Gasteiger partial charge in [0.15, 0.2) is 0 Å². The van der Waals surface area contributed by atoms with E-state index in [9.17, 15) is 14.4 Å². The molecule has 0 saturated heterocycles. The molecule has 0 aromatic heterocycles. The van der Waals surface area contributed by atoms with E-state index in [1.54, 1.807) is 0 Å². The molecule has 1 rings (SSSR count). The van der Waals surface area contributed by atoms with Gasteiger partial charge in [-0.05, 0) is 24.4 Å². The van der Waals surface area contributed by atoms with E-state index in [1.165, 1.54) is 27.0 Å². The zero-order valence-electron chi connectivity index (χ0n) is 16.2. The molecule has 0 radical (unpaired) electrons. The predicted octanol–water partition coefficient (Wildman–Crippen LogP) is 1.79. The van der Waals surface area contributed by atoms with Crippen molar-refractivity contribution in [3.63, 3.8) is 0 Å². The first-order valence-electron chi connectivity index (χ1n) is 8.72. The van der Waals surface area contributed by atoms with Crippen LogP contribution in [0.5, 0.6) is 0 Å². The van der Waals surface area contributed by atoms with Gasteiger partial charge in [0.1, 0.15) is 12.1 Å². The fraction of sp³-hybridized carbons (Fsp3) is 0.706. The van der Waals surface area contributed by atoms with Gasteiger partial charge in [0.25, 0.3) is 0 Å². The summed E-state index contributed by atoms with van der Waals surface area (Å²) in [5.74, 6) is -1.79. The maximum atomic E-state index is 12.2. The summed E-state index contributed by atoms with van der Waals surface area (Å²) in [6, 6.07) is -1.90. The van der Waals surface area contributed by atoms with E-state index < -0.39 is 36.2 Å². The predicted molar refractivity (Wildman–Crippen MR) is 95.4 cm³/mol. The van der Waals surface area contributed by atoms with Crippen LogP contribution in [0.4, 0.5) is 0 Å². The quantitative estimate of drug-likeness (QED) is 0.294. The number of nitrogens with one attached hydrogen (secondary N) is 1. The molecule has 10 nitrogen and oxygen atoms in total. The highest BCUT2D eigenvalue weighted by molar-refractivity contribution is 5.91. The number of rotatable bonds is 8. The summed E-state index contributed by atoms with van der Waals surface area (Å²) in [4.78, 5) is 38.3. The van der Waals surface area contributed by atoms with Crippen LogP contribution in [0.15, 0.2) is 16.8 Å². The van der Waals surface area contributed by atoms with E-state index in [0.29, 0.717) is 12.8 Å². The van der Waals surface area contributed by atoms with E-state index >= 15 is 0 Å². The minimum Gasteiger partial charge on any atom is -0.466 e. The largest absolute Gasteiger partial charge is 0.466 e. The SMILES string of the molecule is CCC(CC)O[C@@H]1C=C(C(=O)OC)[C@@H](OC(C)=O)[C@H](N=[N+]=[N-])[C@H]1NC(C)=O. The minimum absolute atomic E-state index is 0.00246. The van der Waals surface area contributed by atoms with E-state index in [-0.39, 0.29) is 17.6 Å². The first kappa shape index (κ1) is 22.5. The number of carbonyl (C=O) groups is 3. The number of esters is 2. The van der Waals surface area contributed by atoms with Gasteiger partial charge in [0.05, 0.1) is 30.9 Å². The van der Waals surface area contributed by atoms with Crippen molar-refractivity contribution >= 4 is 17.8 Å². The van der Waals surface area contributed by atoms with Crippen molar-refractivity contribution in [1.29, 1.82) is 0 Å². The summed E-state index contributed by atoms with van der Waals surface area (Å²) in [5, 5.41) is 6.37. The second kappa shape index (κ2) is 10.5. The third-order valence-electron chi connectivity index (χ3n) is 4.21. The molecule has 0 aromatic carbocycles. The molecule has 0 saturated carbocycles. The number of hydrogen-bond donors (Lipinski definition) is 1. The second-order valence-electron chi connectivity index (χ2n) is 6.10. The third kappa shape index (κ3) is 5.97. The van der Waals surface area contributed by atoms with Gasteiger partial charge in [-0.2, -0.15) is 0 Å².